The Balaban J connectivity index is 1.36. The first-order valence-corrected chi connectivity index (χ1v) is 9.02. The molecule has 23 heavy (non-hydrogen) atoms. The highest BCUT2D eigenvalue weighted by molar-refractivity contribution is 5.91. The zero-order valence-corrected chi connectivity index (χ0v) is 13.7. The Hall–Kier alpha value is -1.55. The fourth-order valence-electron chi connectivity index (χ4n) is 4.44. The van der Waals surface area contributed by atoms with Gasteiger partial charge in [-0.15, -0.1) is 0 Å². The van der Waals surface area contributed by atoms with Crippen LogP contribution < -0.4 is 0 Å². The summed E-state index contributed by atoms with van der Waals surface area (Å²) >= 11 is 0. The van der Waals surface area contributed by atoms with Gasteiger partial charge < -0.3 is 9.32 Å². The topological polar surface area (TPSA) is 36.7 Å². The predicted octanol–water partition coefficient (Wildman–Crippen LogP) is 3.32. The average Bonchev–Trinajstić information content (AvgIpc) is 3.30. The van der Waals surface area contributed by atoms with Crippen molar-refractivity contribution in [1.82, 2.24) is 9.80 Å². The van der Waals surface area contributed by atoms with E-state index in [0.717, 1.165) is 25.9 Å². The lowest BCUT2D eigenvalue weighted by Gasteiger charge is -2.43. The number of nitrogens with zero attached hydrogens (tertiary/aromatic N) is 2. The molecule has 0 aromatic carbocycles. The standard InChI is InChI=1S/C19H26N2O2/c22-18(17-4-3-15-23-17)21-13-9-19(10-14-21)7-5-16(6-8-19)20-11-1-2-12-20/h3-5,7,15-16H,1-2,6,8-14H2. The third-order valence-corrected chi connectivity index (χ3v) is 6.00. The minimum absolute atomic E-state index is 0.0413. The maximum Gasteiger partial charge on any atom is 0.289 e. The van der Waals surface area contributed by atoms with E-state index in [0.29, 0.717) is 17.2 Å². The Morgan fingerprint density at radius 2 is 1.91 bits per heavy atom. The summed E-state index contributed by atoms with van der Waals surface area (Å²) in [6.07, 6.45) is 14.0. The summed E-state index contributed by atoms with van der Waals surface area (Å²) in [5.74, 6) is 0.508. The first kappa shape index (κ1) is 15.0. The summed E-state index contributed by atoms with van der Waals surface area (Å²) in [6, 6.07) is 4.19. The first-order valence-electron chi connectivity index (χ1n) is 9.02. The SMILES string of the molecule is O=C(c1ccco1)N1CCC2(C=CC(N3CCCC3)CC2)CC1. The smallest absolute Gasteiger partial charge is 0.289 e. The Morgan fingerprint density at radius 3 is 2.52 bits per heavy atom. The molecule has 2 aliphatic heterocycles. The Morgan fingerprint density at radius 1 is 1.13 bits per heavy atom. The third-order valence-electron chi connectivity index (χ3n) is 6.00. The Labute approximate surface area is 138 Å². The van der Waals surface area contributed by atoms with Gasteiger partial charge in [-0.3, -0.25) is 9.69 Å². The number of amides is 1. The van der Waals surface area contributed by atoms with E-state index >= 15 is 0 Å². The molecule has 4 heteroatoms. The van der Waals surface area contributed by atoms with Gasteiger partial charge in [0.05, 0.1) is 6.26 Å². The molecule has 4 nitrogen and oxygen atoms in total. The van der Waals surface area contributed by atoms with Crippen molar-refractivity contribution in [1.29, 1.82) is 0 Å². The van der Waals surface area contributed by atoms with E-state index in [1.54, 1.807) is 18.4 Å². The van der Waals surface area contributed by atoms with Crippen LogP contribution in [-0.4, -0.2) is 47.9 Å². The molecule has 0 N–H and O–H groups in total. The van der Waals surface area contributed by atoms with Crippen molar-refractivity contribution >= 4 is 5.91 Å². The number of furan rings is 1. The Bertz CT molecular complexity index is 564. The number of piperidine rings is 1. The Kier molecular flexibility index (Phi) is 4.02. The number of likely N-dealkylation sites (tertiary alicyclic amines) is 2. The molecule has 0 bridgehead atoms. The van der Waals surface area contributed by atoms with Gasteiger partial charge in [0, 0.05) is 19.1 Å². The molecule has 0 saturated carbocycles. The molecule has 1 unspecified atom stereocenters. The second-order valence-electron chi connectivity index (χ2n) is 7.34. The molecule has 3 aliphatic rings. The van der Waals surface area contributed by atoms with Crippen molar-refractivity contribution < 1.29 is 9.21 Å². The minimum atomic E-state index is 0.0413. The van der Waals surface area contributed by atoms with E-state index < -0.39 is 0 Å². The van der Waals surface area contributed by atoms with Crippen molar-refractivity contribution in [2.45, 2.75) is 44.6 Å². The van der Waals surface area contributed by atoms with Crippen LogP contribution in [0.1, 0.15) is 49.1 Å². The highest BCUT2D eigenvalue weighted by Gasteiger charge is 2.37. The highest BCUT2D eigenvalue weighted by Crippen LogP contribution is 2.42. The molecule has 1 aromatic rings. The monoisotopic (exact) mass is 314 g/mol. The van der Waals surface area contributed by atoms with Crippen LogP contribution in [0.3, 0.4) is 0 Å². The van der Waals surface area contributed by atoms with Gasteiger partial charge in [-0.1, -0.05) is 12.2 Å². The summed E-state index contributed by atoms with van der Waals surface area (Å²) in [7, 11) is 0. The van der Waals surface area contributed by atoms with Gasteiger partial charge in [0.2, 0.25) is 0 Å². The van der Waals surface area contributed by atoms with Gasteiger partial charge in [-0.05, 0) is 69.2 Å². The molecular weight excluding hydrogens is 288 g/mol. The largest absolute Gasteiger partial charge is 0.459 e. The molecular formula is C19H26N2O2. The molecule has 1 aliphatic carbocycles. The molecule has 0 radical (unpaired) electrons. The van der Waals surface area contributed by atoms with Crippen LogP contribution in [-0.2, 0) is 0 Å². The molecule has 2 fully saturated rings. The zero-order valence-electron chi connectivity index (χ0n) is 13.7. The normalized spacial score (nSPS) is 27.7. The lowest BCUT2D eigenvalue weighted by atomic mass is 9.71. The average molecular weight is 314 g/mol. The van der Waals surface area contributed by atoms with Crippen LogP contribution in [0, 0.1) is 5.41 Å². The van der Waals surface area contributed by atoms with Crippen LogP contribution in [0.4, 0.5) is 0 Å². The van der Waals surface area contributed by atoms with Gasteiger partial charge in [-0.25, -0.2) is 0 Å². The molecule has 124 valence electrons. The van der Waals surface area contributed by atoms with Crippen LogP contribution in [0.5, 0.6) is 0 Å². The van der Waals surface area contributed by atoms with Crippen LogP contribution in [0.2, 0.25) is 0 Å². The molecule has 1 spiro atoms. The van der Waals surface area contributed by atoms with Crippen molar-refractivity contribution in [3.05, 3.63) is 36.3 Å². The van der Waals surface area contributed by atoms with Gasteiger partial charge >= 0.3 is 0 Å². The van der Waals surface area contributed by atoms with Gasteiger partial charge in [0.25, 0.3) is 5.91 Å². The summed E-state index contributed by atoms with van der Waals surface area (Å²) < 4.78 is 5.25. The van der Waals surface area contributed by atoms with E-state index in [-0.39, 0.29) is 5.91 Å². The van der Waals surface area contributed by atoms with Crippen LogP contribution in [0.15, 0.2) is 35.0 Å². The maximum atomic E-state index is 12.4. The number of hydrogen-bond acceptors (Lipinski definition) is 3. The fraction of sp³-hybridized carbons (Fsp3) is 0.632. The quantitative estimate of drug-likeness (QED) is 0.786. The van der Waals surface area contributed by atoms with Crippen molar-refractivity contribution in [3.63, 3.8) is 0 Å². The van der Waals surface area contributed by atoms with Crippen molar-refractivity contribution in [2.75, 3.05) is 26.2 Å². The van der Waals surface area contributed by atoms with Crippen molar-refractivity contribution in [3.8, 4) is 0 Å². The molecule has 4 rings (SSSR count). The van der Waals surface area contributed by atoms with E-state index in [1.165, 1.54) is 38.8 Å². The second kappa shape index (κ2) is 6.16. The zero-order chi connectivity index (χ0) is 15.7. The van der Waals surface area contributed by atoms with Gasteiger partial charge in [-0.2, -0.15) is 0 Å². The van der Waals surface area contributed by atoms with E-state index in [1.807, 2.05) is 4.90 Å². The van der Waals surface area contributed by atoms with E-state index in [9.17, 15) is 4.79 Å². The number of hydrogen-bond donors (Lipinski definition) is 0. The highest BCUT2D eigenvalue weighted by atomic mass is 16.3. The molecule has 1 amide bonds. The fourth-order valence-corrected chi connectivity index (χ4v) is 4.44. The number of carbonyl (C=O) groups is 1. The van der Waals surface area contributed by atoms with Crippen LogP contribution >= 0.6 is 0 Å². The lowest BCUT2D eigenvalue weighted by Crippen LogP contribution is -2.44. The molecule has 1 aromatic heterocycles. The van der Waals surface area contributed by atoms with Crippen molar-refractivity contribution in [2.24, 2.45) is 5.41 Å². The summed E-state index contributed by atoms with van der Waals surface area (Å²) in [5, 5.41) is 0. The minimum Gasteiger partial charge on any atom is -0.459 e. The molecule has 2 saturated heterocycles. The van der Waals surface area contributed by atoms with E-state index in [4.69, 9.17) is 4.42 Å². The number of allylic oxidation sites excluding steroid dienone is 1. The van der Waals surface area contributed by atoms with Gasteiger partial charge in [0.1, 0.15) is 0 Å². The predicted molar refractivity (Wildman–Crippen MR) is 89.2 cm³/mol. The third kappa shape index (κ3) is 2.97. The molecule has 1 atom stereocenters. The molecule has 3 heterocycles. The van der Waals surface area contributed by atoms with Crippen LogP contribution in [0.25, 0.3) is 0 Å². The number of rotatable bonds is 2. The van der Waals surface area contributed by atoms with Gasteiger partial charge in [0.15, 0.2) is 5.76 Å². The summed E-state index contributed by atoms with van der Waals surface area (Å²) in [5.41, 5.74) is 0.330. The summed E-state index contributed by atoms with van der Waals surface area (Å²) in [4.78, 5) is 17.0. The second-order valence-corrected chi connectivity index (χ2v) is 7.34. The van der Waals surface area contributed by atoms with E-state index in [2.05, 4.69) is 17.1 Å². The number of carbonyl (C=O) groups excluding carboxylic acids is 1. The lowest BCUT2D eigenvalue weighted by molar-refractivity contribution is 0.0579. The maximum absolute atomic E-state index is 12.4. The summed E-state index contributed by atoms with van der Waals surface area (Å²) in [6.45, 7) is 4.23. The first-order chi connectivity index (χ1) is 11.3.